The van der Waals surface area contributed by atoms with Crippen LogP contribution in [-0.4, -0.2) is 28.9 Å². The highest BCUT2D eigenvalue weighted by atomic mass is 16.2. The first-order valence-corrected chi connectivity index (χ1v) is 7.65. The number of amides is 1. The maximum Gasteiger partial charge on any atom is 0.253 e. The number of carbonyl (C=O) groups excluding carboxylic acids is 1. The van der Waals surface area contributed by atoms with E-state index in [4.69, 9.17) is 0 Å². The summed E-state index contributed by atoms with van der Waals surface area (Å²) in [6, 6.07) is 13.6. The summed E-state index contributed by atoms with van der Waals surface area (Å²) in [6.45, 7) is 1.78. The number of aromatic nitrogens is 1. The van der Waals surface area contributed by atoms with E-state index in [0.717, 1.165) is 42.8 Å². The molecule has 1 amide bonds. The van der Waals surface area contributed by atoms with Crippen LogP contribution in [0.2, 0.25) is 0 Å². The predicted octanol–water partition coefficient (Wildman–Crippen LogP) is 3.76. The van der Waals surface area contributed by atoms with Crippen LogP contribution in [0.1, 0.15) is 36.0 Å². The van der Waals surface area contributed by atoms with Gasteiger partial charge < -0.3 is 4.90 Å². The number of benzene rings is 1. The molecule has 0 N–H and O–H groups in total. The van der Waals surface area contributed by atoms with Gasteiger partial charge in [0.1, 0.15) is 0 Å². The van der Waals surface area contributed by atoms with E-state index in [9.17, 15) is 4.79 Å². The fraction of sp³-hybridized carbons (Fsp3) is 0.333. The third-order valence-electron chi connectivity index (χ3n) is 3.99. The molecule has 1 fully saturated rings. The van der Waals surface area contributed by atoms with E-state index in [0.29, 0.717) is 0 Å². The molecule has 3 nitrogen and oxygen atoms in total. The molecule has 1 aromatic heterocycles. The van der Waals surface area contributed by atoms with Crippen LogP contribution in [0.5, 0.6) is 0 Å². The second-order valence-corrected chi connectivity index (χ2v) is 5.50. The minimum absolute atomic E-state index is 0.157. The maximum absolute atomic E-state index is 12.5. The minimum Gasteiger partial charge on any atom is -0.339 e. The standard InChI is InChI=1S/C18H20N2O/c21-18(20-13-5-1-2-6-14-20)16-10-8-15(9-11-16)17-7-3-4-12-19-17/h3-4,7-12H,1-2,5-6,13-14H2. The highest BCUT2D eigenvalue weighted by Crippen LogP contribution is 2.19. The van der Waals surface area contributed by atoms with Crippen molar-refractivity contribution in [1.29, 1.82) is 0 Å². The molecule has 3 rings (SSSR count). The van der Waals surface area contributed by atoms with Crippen LogP contribution in [0.3, 0.4) is 0 Å². The zero-order valence-electron chi connectivity index (χ0n) is 12.2. The summed E-state index contributed by atoms with van der Waals surface area (Å²) in [4.78, 5) is 18.8. The molecule has 2 aromatic rings. The van der Waals surface area contributed by atoms with E-state index in [1.54, 1.807) is 6.20 Å². The summed E-state index contributed by atoms with van der Waals surface area (Å²) < 4.78 is 0. The molecule has 3 heteroatoms. The molecule has 108 valence electrons. The van der Waals surface area contributed by atoms with Gasteiger partial charge in [0.15, 0.2) is 0 Å². The van der Waals surface area contributed by atoms with Gasteiger partial charge in [-0.25, -0.2) is 0 Å². The number of nitrogens with zero attached hydrogens (tertiary/aromatic N) is 2. The molecule has 1 aliphatic heterocycles. The zero-order valence-corrected chi connectivity index (χ0v) is 12.2. The Balaban J connectivity index is 1.76. The number of hydrogen-bond acceptors (Lipinski definition) is 2. The molecule has 0 atom stereocenters. The van der Waals surface area contributed by atoms with Crippen molar-refractivity contribution in [2.24, 2.45) is 0 Å². The lowest BCUT2D eigenvalue weighted by Gasteiger charge is -2.20. The van der Waals surface area contributed by atoms with Crippen molar-refractivity contribution in [3.8, 4) is 11.3 Å². The van der Waals surface area contributed by atoms with Crippen molar-refractivity contribution >= 4 is 5.91 Å². The van der Waals surface area contributed by atoms with Crippen molar-refractivity contribution in [2.45, 2.75) is 25.7 Å². The SMILES string of the molecule is O=C(c1ccc(-c2ccccn2)cc1)N1CCCCCC1. The molecule has 21 heavy (non-hydrogen) atoms. The van der Waals surface area contributed by atoms with Crippen LogP contribution in [0.4, 0.5) is 0 Å². The Morgan fingerprint density at radius 2 is 1.62 bits per heavy atom. The second-order valence-electron chi connectivity index (χ2n) is 5.50. The smallest absolute Gasteiger partial charge is 0.253 e. The first-order chi connectivity index (χ1) is 10.3. The molecule has 1 aromatic carbocycles. The van der Waals surface area contributed by atoms with Gasteiger partial charge in [-0.3, -0.25) is 9.78 Å². The second kappa shape index (κ2) is 6.53. The first kappa shape index (κ1) is 13.8. The third-order valence-corrected chi connectivity index (χ3v) is 3.99. The van der Waals surface area contributed by atoms with Gasteiger partial charge in [-0.15, -0.1) is 0 Å². The van der Waals surface area contributed by atoms with Crippen molar-refractivity contribution in [3.05, 3.63) is 54.2 Å². The van der Waals surface area contributed by atoms with Crippen LogP contribution in [0.25, 0.3) is 11.3 Å². The Labute approximate surface area is 125 Å². The molecule has 1 saturated heterocycles. The number of likely N-dealkylation sites (tertiary alicyclic amines) is 1. The first-order valence-electron chi connectivity index (χ1n) is 7.65. The fourth-order valence-electron chi connectivity index (χ4n) is 2.77. The van der Waals surface area contributed by atoms with Gasteiger partial charge >= 0.3 is 0 Å². The normalized spacial score (nSPS) is 15.5. The Bertz CT molecular complexity index is 584. The van der Waals surface area contributed by atoms with Gasteiger partial charge in [-0.05, 0) is 37.1 Å². The van der Waals surface area contributed by atoms with E-state index in [1.807, 2.05) is 47.4 Å². The Kier molecular flexibility index (Phi) is 4.29. The topological polar surface area (TPSA) is 33.2 Å². The number of carbonyl (C=O) groups is 1. The molecule has 0 spiro atoms. The Morgan fingerprint density at radius 1 is 0.905 bits per heavy atom. The lowest BCUT2D eigenvalue weighted by molar-refractivity contribution is 0.0761. The Morgan fingerprint density at radius 3 is 2.24 bits per heavy atom. The molecular weight excluding hydrogens is 260 g/mol. The van der Waals surface area contributed by atoms with Gasteiger partial charge in [0.25, 0.3) is 5.91 Å². The minimum atomic E-state index is 0.157. The predicted molar refractivity (Wildman–Crippen MR) is 84.0 cm³/mol. The summed E-state index contributed by atoms with van der Waals surface area (Å²) in [6.07, 6.45) is 6.51. The highest BCUT2D eigenvalue weighted by molar-refractivity contribution is 5.94. The van der Waals surface area contributed by atoms with Gasteiger partial charge in [-0.2, -0.15) is 0 Å². The molecule has 0 aliphatic carbocycles. The Hall–Kier alpha value is -2.16. The van der Waals surface area contributed by atoms with Gasteiger partial charge in [-0.1, -0.05) is 31.0 Å². The van der Waals surface area contributed by atoms with Crippen molar-refractivity contribution in [1.82, 2.24) is 9.88 Å². The van der Waals surface area contributed by atoms with E-state index in [1.165, 1.54) is 12.8 Å². The van der Waals surface area contributed by atoms with Crippen LogP contribution >= 0.6 is 0 Å². The van der Waals surface area contributed by atoms with Crippen LogP contribution in [0.15, 0.2) is 48.7 Å². The molecule has 0 saturated carbocycles. The summed E-state index contributed by atoms with van der Waals surface area (Å²) in [7, 11) is 0. The van der Waals surface area contributed by atoms with Gasteiger partial charge in [0, 0.05) is 30.4 Å². The lowest BCUT2D eigenvalue weighted by atomic mass is 10.1. The molecule has 2 heterocycles. The van der Waals surface area contributed by atoms with E-state index in [-0.39, 0.29) is 5.91 Å². The highest BCUT2D eigenvalue weighted by Gasteiger charge is 2.17. The molecular formula is C18H20N2O. The van der Waals surface area contributed by atoms with Gasteiger partial charge in [0.2, 0.25) is 0 Å². The summed E-state index contributed by atoms with van der Waals surface area (Å²) in [5.41, 5.74) is 2.76. The summed E-state index contributed by atoms with van der Waals surface area (Å²) in [5, 5.41) is 0. The van der Waals surface area contributed by atoms with E-state index < -0.39 is 0 Å². The summed E-state index contributed by atoms with van der Waals surface area (Å²) >= 11 is 0. The van der Waals surface area contributed by atoms with Crippen LogP contribution < -0.4 is 0 Å². The number of hydrogen-bond donors (Lipinski definition) is 0. The quantitative estimate of drug-likeness (QED) is 0.839. The fourth-order valence-corrected chi connectivity index (χ4v) is 2.77. The molecule has 0 unspecified atom stereocenters. The monoisotopic (exact) mass is 280 g/mol. The number of pyridine rings is 1. The lowest BCUT2D eigenvalue weighted by Crippen LogP contribution is -2.31. The van der Waals surface area contributed by atoms with Gasteiger partial charge in [0.05, 0.1) is 5.69 Å². The van der Waals surface area contributed by atoms with Crippen LogP contribution in [-0.2, 0) is 0 Å². The molecule has 0 radical (unpaired) electrons. The van der Waals surface area contributed by atoms with Crippen LogP contribution in [0, 0.1) is 0 Å². The maximum atomic E-state index is 12.5. The van der Waals surface area contributed by atoms with E-state index in [2.05, 4.69) is 4.98 Å². The molecule has 0 bridgehead atoms. The third kappa shape index (κ3) is 3.30. The van der Waals surface area contributed by atoms with E-state index >= 15 is 0 Å². The van der Waals surface area contributed by atoms with Crippen molar-refractivity contribution in [3.63, 3.8) is 0 Å². The average molecular weight is 280 g/mol. The zero-order chi connectivity index (χ0) is 14.5. The van der Waals surface area contributed by atoms with Crippen molar-refractivity contribution in [2.75, 3.05) is 13.1 Å². The summed E-state index contributed by atoms with van der Waals surface area (Å²) in [5.74, 6) is 0.157. The van der Waals surface area contributed by atoms with Crippen molar-refractivity contribution < 1.29 is 4.79 Å². The largest absolute Gasteiger partial charge is 0.339 e. The molecule has 1 aliphatic rings. The average Bonchev–Trinajstić information content (AvgIpc) is 2.84. The number of rotatable bonds is 2.